The van der Waals surface area contributed by atoms with Crippen molar-refractivity contribution in [3.05, 3.63) is 29.0 Å². The molecule has 0 spiro atoms. The first-order valence-corrected chi connectivity index (χ1v) is 6.72. The lowest BCUT2D eigenvalue weighted by atomic mass is 10.2. The minimum Gasteiger partial charge on any atom is -0.329 e. The van der Waals surface area contributed by atoms with Gasteiger partial charge in [0.2, 0.25) is 0 Å². The highest BCUT2D eigenvalue weighted by Crippen LogP contribution is 2.35. The molecule has 0 aliphatic rings. The predicted molar refractivity (Wildman–Crippen MR) is 67.7 cm³/mol. The SMILES string of the molecule is Cc1csc(SC(CN)c2cnn(C)c2)n1. The molecule has 0 aliphatic heterocycles. The van der Waals surface area contributed by atoms with Gasteiger partial charge in [0.05, 0.1) is 11.4 Å². The van der Waals surface area contributed by atoms with E-state index >= 15 is 0 Å². The Kier molecular flexibility index (Phi) is 3.63. The Morgan fingerprint density at radius 2 is 2.44 bits per heavy atom. The van der Waals surface area contributed by atoms with Crippen LogP contribution in [0.5, 0.6) is 0 Å². The molecule has 16 heavy (non-hydrogen) atoms. The molecule has 0 bridgehead atoms. The molecule has 2 aromatic heterocycles. The Balaban J connectivity index is 2.12. The van der Waals surface area contributed by atoms with E-state index in [2.05, 4.69) is 15.5 Å². The maximum absolute atomic E-state index is 5.79. The molecule has 86 valence electrons. The number of nitrogens with zero attached hydrogens (tertiary/aromatic N) is 3. The number of hydrogen-bond donors (Lipinski definition) is 1. The number of thiazole rings is 1. The standard InChI is InChI=1S/C10H14N4S2/c1-7-6-15-10(13-7)16-9(3-11)8-4-12-14(2)5-8/h4-6,9H,3,11H2,1-2H3. The van der Waals surface area contributed by atoms with Crippen molar-refractivity contribution in [3.8, 4) is 0 Å². The molecular formula is C10H14N4S2. The van der Waals surface area contributed by atoms with Gasteiger partial charge in [-0.1, -0.05) is 11.8 Å². The van der Waals surface area contributed by atoms with Crippen molar-refractivity contribution in [2.45, 2.75) is 16.5 Å². The van der Waals surface area contributed by atoms with Crippen LogP contribution in [0.3, 0.4) is 0 Å². The highest BCUT2D eigenvalue weighted by Gasteiger charge is 2.14. The monoisotopic (exact) mass is 254 g/mol. The van der Waals surface area contributed by atoms with E-state index in [1.165, 1.54) is 0 Å². The lowest BCUT2D eigenvalue weighted by molar-refractivity contribution is 0.766. The summed E-state index contributed by atoms with van der Waals surface area (Å²) in [6.45, 7) is 2.59. The lowest BCUT2D eigenvalue weighted by Gasteiger charge is -2.09. The van der Waals surface area contributed by atoms with Crippen molar-refractivity contribution in [2.75, 3.05) is 6.54 Å². The summed E-state index contributed by atoms with van der Waals surface area (Å²) < 4.78 is 2.86. The third-order valence-electron chi connectivity index (χ3n) is 2.15. The summed E-state index contributed by atoms with van der Waals surface area (Å²) in [6.07, 6.45) is 3.87. The molecule has 4 nitrogen and oxygen atoms in total. The summed E-state index contributed by atoms with van der Waals surface area (Å²) in [7, 11) is 1.91. The van der Waals surface area contributed by atoms with Crippen LogP contribution in [0, 0.1) is 6.92 Å². The number of thioether (sulfide) groups is 1. The quantitative estimate of drug-likeness (QED) is 0.848. The van der Waals surface area contributed by atoms with Crippen molar-refractivity contribution in [2.24, 2.45) is 12.8 Å². The van der Waals surface area contributed by atoms with E-state index in [0.29, 0.717) is 6.54 Å². The molecule has 2 aromatic rings. The minimum atomic E-state index is 0.235. The Morgan fingerprint density at radius 3 is 2.94 bits per heavy atom. The summed E-state index contributed by atoms with van der Waals surface area (Å²) >= 11 is 3.37. The molecule has 0 amide bonds. The van der Waals surface area contributed by atoms with Crippen LogP contribution in [0.1, 0.15) is 16.5 Å². The van der Waals surface area contributed by atoms with Crippen LogP contribution in [0.25, 0.3) is 0 Å². The second-order valence-corrected chi connectivity index (χ2v) is 5.85. The maximum atomic E-state index is 5.79. The lowest BCUT2D eigenvalue weighted by Crippen LogP contribution is -2.08. The van der Waals surface area contributed by atoms with Gasteiger partial charge in [-0.05, 0) is 6.92 Å². The zero-order valence-electron chi connectivity index (χ0n) is 9.25. The van der Waals surface area contributed by atoms with Crippen molar-refractivity contribution in [1.82, 2.24) is 14.8 Å². The van der Waals surface area contributed by atoms with Crippen LogP contribution in [0.4, 0.5) is 0 Å². The van der Waals surface area contributed by atoms with Gasteiger partial charge in [-0.3, -0.25) is 4.68 Å². The molecule has 0 aromatic carbocycles. The minimum absolute atomic E-state index is 0.235. The highest BCUT2D eigenvalue weighted by atomic mass is 32.2. The molecule has 0 saturated carbocycles. The molecule has 0 aliphatic carbocycles. The third kappa shape index (κ3) is 2.63. The first-order chi connectivity index (χ1) is 7.69. The Hall–Kier alpha value is -0.850. The summed E-state index contributed by atoms with van der Waals surface area (Å²) in [5.41, 5.74) is 8.01. The van der Waals surface area contributed by atoms with Crippen molar-refractivity contribution >= 4 is 23.1 Å². The van der Waals surface area contributed by atoms with Crippen LogP contribution in [0.15, 0.2) is 22.1 Å². The summed E-state index contributed by atoms with van der Waals surface area (Å²) in [5, 5.41) is 6.45. The molecular weight excluding hydrogens is 240 g/mol. The molecule has 2 rings (SSSR count). The first kappa shape index (κ1) is 11.6. The van der Waals surface area contributed by atoms with Crippen molar-refractivity contribution in [1.29, 1.82) is 0 Å². The molecule has 2 N–H and O–H groups in total. The zero-order valence-corrected chi connectivity index (χ0v) is 10.9. The largest absolute Gasteiger partial charge is 0.329 e. The van der Waals surface area contributed by atoms with Gasteiger partial charge in [0.15, 0.2) is 4.34 Å². The Morgan fingerprint density at radius 1 is 1.62 bits per heavy atom. The molecule has 0 saturated heterocycles. The van der Waals surface area contributed by atoms with E-state index < -0.39 is 0 Å². The second-order valence-electron chi connectivity index (χ2n) is 3.54. The topological polar surface area (TPSA) is 56.7 Å². The molecule has 1 unspecified atom stereocenters. The number of nitrogens with two attached hydrogens (primary N) is 1. The van der Waals surface area contributed by atoms with Gasteiger partial charge in [0.1, 0.15) is 0 Å². The van der Waals surface area contributed by atoms with Gasteiger partial charge in [0.25, 0.3) is 0 Å². The average molecular weight is 254 g/mol. The highest BCUT2D eigenvalue weighted by molar-refractivity contribution is 8.01. The average Bonchev–Trinajstić information content (AvgIpc) is 2.84. The summed E-state index contributed by atoms with van der Waals surface area (Å²) in [6, 6.07) is 0. The van der Waals surface area contributed by atoms with E-state index in [4.69, 9.17) is 5.73 Å². The Bertz CT molecular complexity index is 463. The normalized spacial score (nSPS) is 12.9. The van der Waals surface area contributed by atoms with E-state index in [-0.39, 0.29) is 5.25 Å². The first-order valence-electron chi connectivity index (χ1n) is 4.96. The molecule has 1 atom stereocenters. The van der Waals surface area contributed by atoms with Gasteiger partial charge in [0, 0.05) is 36.4 Å². The molecule has 0 radical (unpaired) electrons. The van der Waals surface area contributed by atoms with Crippen LogP contribution >= 0.6 is 23.1 Å². The van der Waals surface area contributed by atoms with E-state index in [1.807, 2.05) is 26.4 Å². The molecule has 0 fully saturated rings. The van der Waals surface area contributed by atoms with Gasteiger partial charge >= 0.3 is 0 Å². The van der Waals surface area contributed by atoms with Gasteiger partial charge in [-0.25, -0.2) is 4.98 Å². The molecule has 2 heterocycles. The number of rotatable bonds is 4. The summed E-state index contributed by atoms with van der Waals surface area (Å²) in [5.74, 6) is 0. The van der Waals surface area contributed by atoms with Crippen LogP contribution in [0.2, 0.25) is 0 Å². The van der Waals surface area contributed by atoms with E-state index in [9.17, 15) is 0 Å². The number of aryl methyl sites for hydroxylation is 2. The molecule has 6 heteroatoms. The van der Waals surface area contributed by atoms with Gasteiger partial charge in [-0.2, -0.15) is 5.10 Å². The van der Waals surface area contributed by atoms with E-state index in [0.717, 1.165) is 15.6 Å². The van der Waals surface area contributed by atoms with Crippen LogP contribution < -0.4 is 5.73 Å². The van der Waals surface area contributed by atoms with Crippen molar-refractivity contribution in [3.63, 3.8) is 0 Å². The van der Waals surface area contributed by atoms with Gasteiger partial charge < -0.3 is 5.73 Å². The maximum Gasteiger partial charge on any atom is 0.150 e. The van der Waals surface area contributed by atoms with Gasteiger partial charge in [-0.15, -0.1) is 11.3 Å². The second kappa shape index (κ2) is 4.99. The fourth-order valence-electron chi connectivity index (χ4n) is 1.37. The third-order valence-corrected chi connectivity index (χ3v) is 4.52. The van der Waals surface area contributed by atoms with Crippen LogP contribution in [-0.4, -0.2) is 21.3 Å². The van der Waals surface area contributed by atoms with E-state index in [1.54, 1.807) is 27.8 Å². The zero-order chi connectivity index (χ0) is 11.5. The predicted octanol–water partition coefficient (Wildman–Crippen LogP) is 1.98. The smallest absolute Gasteiger partial charge is 0.150 e. The number of aromatic nitrogens is 3. The fourth-order valence-corrected chi connectivity index (χ4v) is 3.40. The number of hydrogen-bond acceptors (Lipinski definition) is 5. The van der Waals surface area contributed by atoms with Crippen molar-refractivity contribution < 1.29 is 0 Å². The van der Waals surface area contributed by atoms with Crippen LogP contribution in [-0.2, 0) is 7.05 Å². The fraction of sp³-hybridized carbons (Fsp3) is 0.400. The Labute approximate surface area is 103 Å². The summed E-state index contributed by atoms with van der Waals surface area (Å²) in [4.78, 5) is 4.43.